The molecule has 0 heterocycles. The van der Waals surface area contributed by atoms with E-state index in [1.165, 1.54) is 19.1 Å². The maximum atomic E-state index is 12.7. The summed E-state index contributed by atoms with van der Waals surface area (Å²) < 4.78 is 43.0. The molecule has 0 aliphatic heterocycles. The normalized spacial score (nSPS) is 12.3. The highest BCUT2D eigenvalue weighted by atomic mass is 19.4. The first-order valence-electron chi connectivity index (χ1n) is 7.57. The van der Waals surface area contributed by atoms with E-state index in [0.717, 1.165) is 18.2 Å². The van der Waals surface area contributed by atoms with Gasteiger partial charge >= 0.3 is 12.1 Å². The number of phenolic OH excluding ortho intramolecular Hbond substituents is 1. The lowest BCUT2D eigenvalue weighted by Crippen LogP contribution is -2.30. The van der Waals surface area contributed by atoms with Crippen molar-refractivity contribution in [2.75, 3.05) is 5.32 Å². The van der Waals surface area contributed by atoms with E-state index in [0.29, 0.717) is 5.56 Å². The van der Waals surface area contributed by atoms with E-state index in [4.69, 9.17) is 4.74 Å². The summed E-state index contributed by atoms with van der Waals surface area (Å²) in [7, 11) is 0. The van der Waals surface area contributed by atoms with Crippen LogP contribution in [-0.4, -0.2) is 23.1 Å². The Bertz CT molecular complexity index is 833. The third-order valence-corrected chi connectivity index (χ3v) is 3.57. The lowest BCUT2D eigenvalue weighted by Gasteiger charge is -2.15. The Labute approximate surface area is 147 Å². The number of amides is 1. The fourth-order valence-electron chi connectivity index (χ4n) is 2.12. The summed E-state index contributed by atoms with van der Waals surface area (Å²) in [6.07, 6.45) is -5.82. The lowest BCUT2D eigenvalue weighted by atomic mass is 10.1. The maximum Gasteiger partial charge on any atom is 0.416 e. The number of rotatable bonds is 4. The van der Waals surface area contributed by atoms with Gasteiger partial charge in [-0.3, -0.25) is 4.79 Å². The topological polar surface area (TPSA) is 75.6 Å². The first-order chi connectivity index (χ1) is 12.1. The Hall–Kier alpha value is -3.03. The molecule has 0 spiro atoms. The average molecular weight is 367 g/mol. The second-order valence-electron chi connectivity index (χ2n) is 5.59. The minimum Gasteiger partial charge on any atom is -0.507 e. The predicted octanol–water partition coefficient (Wildman–Crippen LogP) is 3.90. The van der Waals surface area contributed by atoms with Crippen molar-refractivity contribution in [1.29, 1.82) is 0 Å². The number of esters is 1. The zero-order valence-corrected chi connectivity index (χ0v) is 13.9. The highest BCUT2D eigenvalue weighted by Gasteiger charge is 2.30. The largest absolute Gasteiger partial charge is 0.507 e. The number of carbonyl (C=O) groups excluding carboxylic acids is 2. The Kier molecular flexibility index (Phi) is 5.54. The van der Waals surface area contributed by atoms with Gasteiger partial charge in [0.15, 0.2) is 6.10 Å². The van der Waals surface area contributed by atoms with Gasteiger partial charge < -0.3 is 15.2 Å². The van der Waals surface area contributed by atoms with Crippen LogP contribution >= 0.6 is 0 Å². The molecule has 0 saturated heterocycles. The molecule has 0 saturated carbocycles. The first kappa shape index (κ1) is 19.3. The van der Waals surface area contributed by atoms with E-state index >= 15 is 0 Å². The maximum absolute atomic E-state index is 12.7. The van der Waals surface area contributed by atoms with Gasteiger partial charge in [-0.15, -0.1) is 0 Å². The molecule has 0 bridgehead atoms. The number of halogens is 3. The van der Waals surface area contributed by atoms with Gasteiger partial charge in [0.1, 0.15) is 11.3 Å². The van der Waals surface area contributed by atoms with Crippen LogP contribution in [0.15, 0.2) is 42.5 Å². The highest BCUT2D eigenvalue weighted by molar-refractivity contribution is 5.98. The summed E-state index contributed by atoms with van der Waals surface area (Å²) in [6.45, 7) is 2.86. The number of phenols is 1. The molecule has 1 atom stereocenters. The van der Waals surface area contributed by atoms with Crippen LogP contribution < -0.4 is 5.32 Å². The number of ether oxygens (including phenoxy) is 1. The Morgan fingerprint density at radius 2 is 1.81 bits per heavy atom. The van der Waals surface area contributed by atoms with Crippen molar-refractivity contribution < 1.29 is 32.6 Å². The van der Waals surface area contributed by atoms with Crippen LogP contribution in [0.5, 0.6) is 5.75 Å². The van der Waals surface area contributed by atoms with E-state index < -0.39 is 29.7 Å². The number of nitrogens with one attached hydrogen (secondary N) is 1. The molecule has 2 aromatic carbocycles. The second kappa shape index (κ2) is 7.47. The summed E-state index contributed by atoms with van der Waals surface area (Å²) in [4.78, 5) is 24.1. The molecule has 26 heavy (non-hydrogen) atoms. The Morgan fingerprint density at radius 1 is 1.15 bits per heavy atom. The minimum atomic E-state index is -4.54. The average Bonchev–Trinajstić information content (AvgIpc) is 2.56. The third-order valence-electron chi connectivity index (χ3n) is 3.57. The van der Waals surface area contributed by atoms with E-state index in [2.05, 4.69) is 5.32 Å². The summed E-state index contributed by atoms with van der Waals surface area (Å²) in [5.74, 6) is -1.98. The zero-order valence-electron chi connectivity index (χ0n) is 13.9. The minimum absolute atomic E-state index is 0.0777. The van der Waals surface area contributed by atoms with Crippen molar-refractivity contribution in [3.8, 4) is 5.75 Å². The molecule has 1 amide bonds. The smallest absolute Gasteiger partial charge is 0.416 e. The van der Waals surface area contributed by atoms with Gasteiger partial charge in [0, 0.05) is 5.69 Å². The van der Waals surface area contributed by atoms with Crippen LogP contribution in [-0.2, 0) is 15.7 Å². The van der Waals surface area contributed by atoms with E-state index in [9.17, 15) is 27.9 Å². The number of alkyl halides is 3. The number of hydrogen-bond donors (Lipinski definition) is 2. The molecule has 5 nitrogen and oxygen atoms in total. The molecule has 2 N–H and O–H groups in total. The number of aromatic hydroxyl groups is 1. The molecule has 0 aliphatic carbocycles. The standard InChI is InChI=1S/C18H16F3NO4/c1-10-5-3-8-14(15(10)23)17(25)26-11(2)16(24)22-13-7-4-6-12(9-13)18(19,20)21/h3-9,11,23H,1-2H3,(H,22,24). The number of carbonyl (C=O) groups is 2. The molecule has 1 unspecified atom stereocenters. The number of aryl methyl sites for hydroxylation is 1. The monoisotopic (exact) mass is 367 g/mol. The number of benzene rings is 2. The zero-order chi connectivity index (χ0) is 19.5. The first-order valence-corrected chi connectivity index (χ1v) is 7.57. The Morgan fingerprint density at radius 3 is 2.46 bits per heavy atom. The molecule has 2 rings (SSSR count). The summed E-state index contributed by atoms with van der Waals surface area (Å²) in [6, 6.07) is 8.56. The molecular formula is C18H16F3NO4. The van der Waals surface area contributed by atoms with Gasteiger partial charge in [-0.2, -0.15) is 13.2 Å². The van der Waals surface area contributed by atoms with E-state index in [1.54, 1.807) is 19.1 Å². The van der Waals surface area contributed by atoms with Gasteiger partial charge in [0.2, 0.25) is 0 Å². The SMILES string of the molecule is Cc1cccc(C(=O)OC(C)C(=O)Nc2cccc(C(F)(F)F)c2)c1O. The van der Waals surface area contributed by atoms with Crippen molar-refractivity contribution in [2.24, 2.45) is 0 Å². The van der Waals surface area contributed by atoms with Gasteiger partial charge in [-0.1, -0.05) is 18.2 Å². The van der Waals surface area contributed by atoms with Crippen molar-refractivity contribution in [3.63, 3.8) is 0 Å². The van der Waals surface area contributed by atoms with Crippen molar-refractivity contribution >= 4 is 17.6 Å². The van der Waals surface area contributed by atoms with Crippen LogP contribution in [0.3, 0.4) is 0 Å². The van der Waals surface area contributed by atoms with Crippen LogP contribution in [0.25, 0.3) is 0 Å². The van der Waals surface area contributed by atoms with Crippen molar-refractivity contribution in [3.05, 3.63) is 59.2 Å². The van der Waals surface area contributed by atoms with Crippen molar-refractivity contribution in [2.45, 2.75) is 26.1 Å². The highest BCUT2D eigenvalue weighted by Crippen LogP contribution is 2.30. The van der Waals surface area contributed by atoms with Crippen LogP contribution in [0.4, 0.5) is 18.9 Å². The summed E-state index contributed by atoms with van der Waals surface area (Å²) in [5.41, 5.74) is -0.639. The Balaban J connectivity index is 2.06. The third kappa shape index (κ3) is 4.53. The number of anilines is 1. The quantitative estimate of drug-likeness (QED) is 0.804. The lowest BCUT2D eigenvalue weighted by molar-refractivity contribution is -0.137. The summed E-state index contributed by atoms with van der Waals surface area (Å²) >= 11 is 0. The van der Waals surface area contributed by atoms with Gasteiger partial charge in [0.05, 0.1) is 5.56 Å². The number of para-hydroxylation sites is 1. The molecule has 0 aromatic heterocycles. The molecule has 0 aliphatic rings. The van der Waals surface area contributed by atoms with Gasteiger partial charge in [0.25, 0.3) is 5.91 Å². The van der Waals surface area contributed by atoms with Gasteiger partial charge in [-0.25, -0.2) is 4.79 Å². The summed E-state index contributed by atoms with van der Waals surface area (Å²) in [5, 5.41) is 12.1. The van der Waals surface area contributed by atoms with Crippen LogP contribution in [0.2, 0.25) is 0 Å². The molecule has 8 heteroatoms. The predicted molar refractivity (Wildman–Crippen MR) is 87.8 cm³/mol. The van der Waals surface area contributed by atoms with Crippen LogP contribution in [0, 0.1) is 6.92 Å². The molecule has 0 radical (unpaired) electrons. The molecule has 2 aromatic rings. The molecular weight excluding hydrogens is 351 g/mol. The van der Waals surface area contributed by atoms with E-state index in [1.807, 2.05) is 0 Å². The molecule has 138 valence electrons. The van der Waals surface area contributed by atoms with Crippen LogP contribution in [0.1, 0.15) is 28.4 Å². The van der Waals surface area contributed by atoms with E-state index in [-0.39, 0.29) is 17.0 Å². The number of hydrogen-bond acceptors (Lipinski definition) is 4. The second-order valence-corrected chi connectivity index (χ2v) is 5.59. The van der Waals surface area contributed by atoms with Crippen molar-refractivity contribution in [1.82, 2.24) is 0 Å². The van der Waals surface area contributed by atoms with Gasteiger partial charge in [-0.05, 0) is 43.7 Å². The molecule has 0 fully saturated rings. The fourth-order valence-corrected chi connectivity index (χ4v) is 2.12. The fraction of sp³-hybridized carbons (Fsp3) is 0.222.